The molecule has 1 heterocycles. The van der Waals surface area contributed by atoms with Crippen molar-refractivity contribution in [3.63, 3.8) is 0 Å². The zero-order valence-electron chi connectivity index (χ0n) is 9.45. The molecule has 0 amide bonds. The van der Waals surface area contributed by atoms with Gasteiger partial charge in [-0.3, -0.25) is 4.57 Å². The number of benzene rings is 2. The molecule has 0 atom stereocenters. The van der Waals surface area contributed by atoms with Crippen molar-refractivity contribution in [2.75, 3.05) is 0 Å². The number of hydrogen-bond donors (Lipinski definition) is 1. The highest BCUT2D eigenvalue weighted by Crippen LogP contribution is 2.24. The first-order valence-electron chi connectivity index (χ1n) is 5.42. The molecule has 0 aliphatic carbocycles. The summed E-state index contributed by atoms with van der Waals surface area (Å²) in [5.41, 5.74) is 1.48. The molecule has 2 nitrogen and oxygen atoms in total. The van der Waals surface area contributed by atoms with Crippen molar-refractivity contribution in [2.45, 2.75) is 0 Å². The fourth-order valence-electron chi connectivity index (χ4n) is 1.98. The summed E-state index contributed by atoms with van der Waals surface area (Å²) in [5.74, 6) is -0.768. The minimum absolute atomic E-state index is 0.317. The molecule has 0 spiro atoms. The summed E-state index contributed by atoms with van der Waals surface area (Å²) in [5, 5.41) is 0. The van der Waals surface area contributed by atoms with Crippen LogP contribution in [0.3, 0.4) is 0 Å². The van der Waals surface area contributed by atoms with Crippen LogP contribution in [0.5, 0.6) is 0 Å². The molecular formula is C13H7BrF2N2S. The SMILES string of the molecule is Fc1ccc2c(c1)[nH]c(=S)n2-c1cc(Br)ccc1F. The minimum Gasteiger partial charge on any atom is -0.330 e. The van der Waals surface area contributed by atoms with Gasteiger partial charge in [-0.1, -0.05) is 15.9 Å². The number of aromatic nitrogens is 2. The quantitative estimate of drug-likeness (QED) is 0.635. The zero-order chi connectivity index (χ0) is 13.6. The smallest absolute Gasteiger partial charge is 0.182 e. The van der Waals surface area contributed by atoms with E-state index >= 15 is 0 Å². The van der Waals surface area contributed by atoms with Gasteiger partial charge in [0.2, 0.25) is 0 Å². The molecule has 1 N–H and O–H groups in total. The van der Waals surface area contributed by atoms with Gasteiger partial charge in [-0.25, -0.2) is 8.78 Å². The number of nitrogens with zero attached hydrogens (tertiary/aromatic N) is 1. The molecule has 0 fully saturated rings. The highest BCUT2D eigenvalue weighted by atomic mass is 79.9. The summed E-state index contributed by atoms with van der Waals surface area (Å²) in [7, 11) is 0. The van der Waals surface area contributed by atoms with Crippen LogP contribution in [0, 0.1) is 16.4 Å². The van der Waals surface area contributed by atoms with Gasteiger partial charge in [0.25, 0.3) is 0 Å². The summed E-state index contributed by atoms with van der Waals surface area (Å²) in [6.45, 7) is 0. The summed E-state index contributed by atoms with van der Waals surface area (Å²) in [4.78, 5) is 2.87. The Balaban J connectivity index is 2.39. The summed E-state index contributed by atoms with van der Waals surface area (Å²) in [6.07, 6.45) is 0. The molecule has 1 aromatic heterocycles. The predicted molar refractivity (Wildman–Crippen MR) is 76.1 cm³/mol. The Kier molecular flexibility index (Phi) is 2.99. The summed E-state index contributed by atoms with van der Waals surface area (Å²) < 4.78 is 29.7. The maximum atomic E-state index is 13.9. The van der Waals surface area contributed by atoms with E-state index in [-0.39, 0.29) is 5.82 Å². The van der Waals surface area contributed by atoms with Crippen LogP contribution >= 0.6 is 28.1 Å². The zero-order valence-corrected chi connectivity index (χ0v) is 11.9. The first-order valence-corrected chi connectivity index (χ1v) is 6.62. The van der Waals surface area contributed by atoms with Crippen molar-refractivity contribution >= 4 is 39.2 Å². The number of nitrogens with one attached hydrogen (secondary N) is 1. The molecule has 0 bridgehead atoms. The van der Waals surface area contributed by atoms with E-state index in [9.17, 15) is 8.78 Å². The van der Waals surface area contributed by atoms with Gasteiger partial charge in [0.05, 0.1) is 16.7 Å². The Bertz CT molecular complexity index is 838. The second-order valence-electron chi connectivity index (χ2n) is 4.02. The largest absolute Gasteiger partial charge is 0.330 e. The average Bonchev–Trinajstić information content (AvgIpc) is 2.67. The molecule has 96 valence electrons. The molecule has 0 aliphatic heterocycles. The van der Waals surface area contributed by atoms with E-state index in [1.165, 1.54) is 18.2 Å². The molecule has 0 aliphatic rings. The van der Waals surface area contributed by atoms with Crippen LogP contribution in [0.4, 0.5) is 8.78 Å². The Morgan fingerprint density at radius 3 is 2.68 bits per heavy atom. The lowest BCUT2D eigenvalue weighted by molar-refractivity contribution is 0.618. The van der Waals surface area contributed by atoms with Crippen molar-refractivity contribution < 1.29 is 8.78 Å². The number of hydrogen-bond acceptors (Lipinski definition) is 1. The van der Waals surface area contributed by atoms with Crippen LogP contribution in [0.25, 0.3) is 16.7 Å². The average molecular weight is 341 g/mol. The molecule has 3 rings (SSSR count). The van der Waals surface area contributed by atoms with Gasteiger partial charge < -0.3 is 4.98 Å². The van der Waals surface area contributed by atoms with Gasteiger partial charge in [-0.05, 0) is 48.6 Å². The number of aromatic amines is 1. The van der Waals surface area contributed by atoms with Crippen LogP contribution in [-0.2, 0) is 0 Å². The number of rotatable bonds is 1. The predicted octanol–water partition coefficient (Wildman–Crippen LogP) is 4.73. The van der Waals surface area contributed by atoms with Crippen molar-refractivity contribution in [1.29, 1.82) is 0 Å². The number of halogens is 3. The molecular weight excluding hydrogens is 334 g/mol. The van der Waals surface area contributed by atoms with Crippen molar-refractivity contribution in [3.05, 3.63) is 57.3 Å². The third kappa shape index (κ3) is 2.11. The van der Waals surface area contributed by atoms with Crippen LogP contribution in [-0.4, -0.2) is 9.55 Å². The Morgan fingerprint density at radius 1 is 1.11 bits per heavy atom. The van der Waals surface area contributed by atoms with Crippen LogP contribution < -0.4 is 0 Å². The standard InChI is InChI=1S/C13H7BrF2N2S/c14-7-1-3-9(16)12(5-7)18-11-4-2-8(15)6-10(11)17-13(18)19/h1-6H,(H,17,19). The van der Waals surface area contributed by atoms with Gasteiger partial charge >= 0.3 is 0 Å². The Morgan fingerprint density at radius 2 is 1.89 bits per heavy atom. The highest BCUT2D eigenvalue weighted by Gasteiger charge is 2.11. The fraction of sp³-hybridized carbons (Fsp3) is 0. The summed E-state index contributed by atoms with van der Waals surface area (Å²) >= 11 is 8.48. The first-order chi connectivity index (χ1) is 9.06. The van der Waals surface area contributed by atoms with E-state index in [0.29, 0.717) is 21.5 Å². The van der Waals surface area contributed by atoms with E-state index in [1.807, 2.05) is 0 Å². The second kappa shape index (κ2) is 4.54. The van der Waals surface area contributed by atoms with E-state index in [2.05, 4.69) is 20.9 Å². The second-order valence-corrected chi connectivity index (χ2v) is 5.33. The lowest BCUT2D eigenvalue weighted by Crippen LogP contribution is -1.97. The third-order valence-corrected chi connectivity index (χ3v) is 3.57. The van der Waals surface area contributed by atoms with E-state index in [4.69, 9.17) is 12.2 Å². The minimum atomic E-state index is -0.399. The van der Waals surface area contributed by atoms with Crippen molar-refractivity contribution in [3.8, 4) is 5.69 Å². The molecule has 6 heteroatoms. The number of fused-ring (bicyclic) bond motifs is 1. The molecule has 2 aromatic carbocycles. The Labute approximate surface area is 120 Å². The Hall–Kier alpha value is -1.53. The normalized spacial score (nSPS) is 11.1. The van der Waals surface area contributed by atoms with Gasteiger partial charge in [0.1, 0.15) is 11.6 Å². The van der Waals surface area contributed by atoms with Crippen LogP contribution in [0.1, 0.15) is 0 Å². The molecule has 0 saturated heterocycles. The molecule has 19 heavy (non-hydrogen) atoms. The number of imidazole rings is 1. The van der Waals surface area contributed by atoms with Gasteiger partial charge in [-0.15, -0.1) is 0 Å². The van der Waals surface area contributed by atoms with Gasteiger partial charge in [0.15, 0.2) is 4.77 Å². The summed E-state index contributed by atoms with van der Waals surface area (Å²) in [6, 6.07) is 8.80. The highest BCUT2D eigenvalue weighted by molar-refractivity contribution is 9.10. The molecule has 0 unspecified atom stereocenters. The topological polar surface area (TPSA) is 20.7 Å². The van der Waals surface area contributed by atoms with Gasteiger partial charge in [0, 0.05) is 4.47 Å². The third-order valence-electron chi connectivity index (χ3n) is 2.79. The van der Waals surface area contributed by atoms with Crippen molar-refractivity contribution in [1.82, 2.24) is 9.55 Å². The monoisotopic (exact) mass is 340 g/mol. The maximum Gasteiger partial charge on any atom is 0.182 e. The lowest BCUT2D eigenvalue weighted by Gasteiger charge is -2.06. The van der Waals surface area contributed by atoms with Gasteiger partial charge in [-0.2, -0.15) is 0 Å². The van der Waals surface area contributed by atoms with Crippen molar-refractivity contribution in [2.24, 2.45) is 0 Å². The molecule has 3 aromatic rings. The molecule has 0 radical (unpaired) electrons. The van der Waals surface area contributed by atoms with E-state index < -0.39 is 5.82 Å². The lowest BCUT2D eigenvalue weighted by atomic mass is 10.2. The maximum absolute atomic E-state index is 13.9. The number of H-pyrrole nitrogens is 1. The van der Waals surface area contributed by atoms with Crippen LogP contribution in [0.15, 0.2) is 40.9 Å². The first kappa shape index (κ1) is 12.5. The van der Waals surface area contributed by atoms with Crippen LogP contribution in [0.2, 0.25) is 0 Å². The fourth-order valence-corrected chi connectivity index (χ4v) is 2.64. The molecule has 0 saturated carbocycles. The van der Waals surface area contributed by atoms with E-state index in [0.717, 1.165) is 4.47 Å². The van der Waals surface area contributed by atoms with E-state index in [1.54, 1.807) is 22.8 Å².